The van der Waals surface area contributed by atoms with Gasteiger partial charge in [0.25, 0.3) is 0 Å². The lowest BCUT2D eigenvalue weighted by Crippen LogP contribution is -1.97. The Balaban J connectivity index is 1.67. The van der Waals surface area contributed by atoms with Gasteiger partial charge in [-0.15, -0.1) is 0 Å². The Kier molecular flexibility index (Phi) is 6.65. The van der Waals surface area contributed by atoms with Crippen molar-refractivity contribution in [3.8, 4) is 16.9 Å². The largest absolute Gasteiger partial charge is 0.494 e. The van der Waals surface area contributed by atoms with E-state index in [1.807, 2.05) is 0 Å². The van der Waals surface area contributed by atoms with Crippen LogP contribution in [0.4, 0.5) is 0 Å². The van der Waals surface area contributed by atoms with Crippen LogP contribution in [0.1, 0.15) is 45.4 Å². The SMILES string of the molecule is CCCCCCCCOc1ccc(-c2ccsc2)cc1. The third-order valence-corrected chi connectivity index (χ3v) is 4.16. The smallest absolute Gasteiger partial charge is 0.119 e. The summed E-state index contributed by atoms with van der Waals surface area (Å²) in [4.78, 5) is 0. The van der Waals surface area contributed by atoms with E-state index in [4.69, 9.17) is 4.74 Å². The summed E-state index contributed by atoms with van der Waals surface area (Å²) >= 11 is 1.73. The fraction of sp³-hybridized carbons (Fsp3) is 0.444. The highest BCUT2D eigenvalue weighted by atomic mass is 32.1. The van der Waals surface area contributed by atoms with Crippen molar-refractivity contribution in [3.63, 3.8) is 0 Å². The molecule has 2 rings (SSSR count). The van der Waals surface area contributed by atoms with Crippen LogP contribution in [-0.2, 0) is 0 Å². The number of hydrogen-bond acceptors (Lipinski definition) is 2. The summed E-state index contributed by atoms with van der Waals surface area (Å²) in [6, 6.07) is 10.6. The van der Waals surface area contributed by atoms with E-state index in [0.29, 0.717) is 0 Å². The maximum absolute atomic E-state index is 5.79. The predicted molar refractivity (Wildman–Crippen MR) is 88.6 cm³/mol. The van der Waals surface area contributed by atoms with Gasteiger partial charge in [0.2, 0.25) is 0 Å². The molecule has 1 nitrogen and oxygen atoms in total. The first kappa shape index (κ1) is 15.1. The van der Waals surface area contributed by atoms with Gasteiger partial charge in [-0.05, 0) is 46.5 Å². The average molecular weight is 288 g/mol. The minimum atomic E-state index is 0.837. The molecule has 2 aromatic rings. The summed E-state index contributed by atoms with van der Waals surface area (Å²) in [5.41, 5.74) is 2.55. The second-order valence-electron chi connectivity index (χ2n) is 5.15. The zero-order chi connectivity index (χ0) is 14.0. The Bertz CT molecular complexity index is 459. The number of unbranched alkanes of at least 4 members (excludes halogenated alkanes) is 5. The molecule has 0 amide bonds. The molecule has 1 aromatic carbocycles. The molecule has 0 bridgehead atoms. The summed E-state index contributed by atoms with van der Waals surface area (Å²) in [7, 11) is 0. The van der Waals surface area contributed by atoms with E-state index < -0.39 is 0 Å². The van der Waals surface area contributed by atoms with Crippen LogP contribution in [0.3, 0.4) is 0 Å². The summed E-state index contributed by atoms with van der Waals surface area (Å²) < 4.78 is 5.79. The van der Waals surface area contributed by atoms with E-state index in [0.717, 1.165) is 18.8 Å². The number of thiophene rings is 1. The number of benzene rings is 1. The highest BCUT2D eigenvalue weighted by Gasteiger charge is 1.99. The third-order valence-electron chi connectivity index (χ3n) is 3.48. The van der Waals surface area contributed by atoms with Crippen LogP contribution in [0.25, 0.3) is 11.1 Å². The molecule has 0 aliphatic heterocycles. The van der Waals surface area contributed by atoms with E-state index in [2.05, 4.69) is 48.0 Å². The van der Waals surface area contributed by atoms with Crippen molar-refractivity contribution in [2.24, 2.45) is 0 Å². The average Bonchev–Trinajstić information content (AvgIpc) is 3.01. The lowest BCUT2D eigenvalue weighted by Gasteiger charge is -2.07. The molecule has 1 heterocycles. The minimum absolute atomic E-state index is 0.837. The van der Waals surface area contributed by atoms with Gasteiger partial charge in [-0.25, -0.2) is 0 Å². The molecule has 1 aromatic heterocycles. The highest BCUT2D eigenvalue weighted by Crippen LogP contribution is 2.24. The van der Waals surface area contributed by atoms with Gasteiger partial charge in [0.15, 0.2) is 0 Å². The zero-order valence-electron chi connectivity index (χ0n) is 12.3. The molecular weight excluding hydrogens is 264 g/mol. The van der Waals surface area contributed by atoms with E-state index in [9.17, 15) is 0 Å². The van der Waals surface area contributed by atoms with Crippen LogP contribution < -0.4 is 4.74 Å². The van der Waals surface area contributed by atoms with Gasteiger partial charge in [0.1, 0.15) is 5.75 Å². The normalized spacial score (nSPS) is 10.7. The van der Waals surface area contributed by atoms with Crippen molar-refractivity contribution in [3.05, 3.63) is 41.1 Å². The predicted octanol–water partition coefficient (Wildman–Crippen LogP) is 6.15. The lowest BCUT2D eigenvalue weighted by atomic mass is 10.1. The monoisotopic (exact) mass is 288 g/mol. The molecule has 0 aliphatic carbocycles. The van der Waals surface area contributed by atoms with E-state index in [-0.39, 0.29) is 0 Å². The molecule has 0 N–H and O–H groups in total. The highest BCUT2D eigenvalue weighted by molar-refractivity contribution is 7.08. The minimum Gasteiger partial charge on any atom is -0.494 e. The molecule has 108 valence electrons. The molecule has 0 radical (unpaired) electrons. The van der Waals surface area contributed by atoms with Gasteiger partial charge in [-0.3, -0.25) is 0 Å². The summed E-state index contributed by atoms with van der Waals surface area (Å²) in [5, 5.41) is 4.28. The van der Waals surface area contributed by atoms with Gasteiger partial charge < -0.3 is 4.74 Å². The van der Waals surface area contributed by atoms with Crippen LogP contribution in [-0.4, -0.2) is 6.61 Å². The topological polar surface area (TPSA) is 9.23 Å². The molecule has 0 aliphatic rings. The number of ether oxygens (including phenoxy) is 1. The Hall–Kier alpha value is -1.28. The second-order valence-corrected chi connectivity index (χ2v) is 5.93. The quantitative estimate of drug-likeness (QED) is 0.502. The van der Waals surface area contributed by atoms with Gasteiger partial charge in [-0.1, -0.05) is 51.2 Å². The van der Waals surface area contributed by atoms with Crippen molar-refractivity contribution < 1.29 is 4.74 Å². The number of hydrogen-bond donors (Lipinski definition) is 0. The van der Waals surface area contributed by atoms with Crippen molar-refractivity contribution in [1.29, 1.82) is 0 Å². The van der Waals surface area contributed by atoms with E-state index in [1.165, 1.54) is 43.2 Å². The molecular formula is C18H24OS. The van der Waals surface area contributed by atoms with E-state index in [1.54, 1.807) is 11.3 Å². The van der Waals surface area contributed by atoms with Crippen molar-refractivity contribution in [1.82, 2.24) is 0 Å². The molecule has 0 atom stereocenters. The van der Waals surface area contributed by atoms with E-state index >= 15 is 0 Å². The molecule has 0 spiro atoms. The fourth-order valence-electron chi connectivity index (χ4n) is 2.24. The Labute approximate surface area is 126 Å². The van der Waals surface area contributed by atoms with Gasteiger partial charge in [-0.2, -0.15) is 11.3 Å². The lowest BCUT2D eigenvalue weighted by molar-refractivity contribution is 0.304. The summed E-state index contributed by atoms with van der Waals surface area (Å²) in [6.45, 7) is 3.09. The number of rotatable bonds is 9. The first-order valence-corrected chi connectivity index (χ1v) is 8.60. The Morgan fingerprint density at radius 1 is 0.850 bits per heavy atom. The van der Waals surface area contributed by atoms with Crippen LogP contribution >= 0.6 is 11.3 Å². The zero-order valence-corrected chi connectivity index (χ0v) is 13.1. The van der Waals surface area contributed by atoms with Crippen LogP contribution in [0, 0.1) is 0 Å². The first-order valence-electron chi connectivity index (χ1n) is 7.65. The maximum atomic E-state index is 5.79. The van der Waals surface area contributed by atoms with Gasteiger partial charge >= 0.3 is 0 Å². The summed E-state index contributed by atoms with van der Waals surface area (Å²) in [5.74, 6) is 0.984. The third kappa shape index (κ3) is 5.01. The van der Waals surface area contributed by atoms with Crippen molar-refractivity contribution in [2.75, 3.05) is 6.61 Å². The molecule has 20 heavy (non-hydrogen) atoms. The van der Waals surface area contributed by atoms with Crippen LogP contribution in [0.5, 0.6) is 5.75 Å². The van der Waals surface area contributed by atoms with Gasteiger partial charge in [0.05, 0.1) is 6.61 Å². The second kappa shape index (κ2) is 8.80. The standard InChI is InChI=1S/C18H24OS/c1-2-3-4-5-6-7-13-19-18-10-8-16(9-11-18)17-12-14-20-15-17/h8-12,14-15H,2-7,13H2,1H3. The van der Waals surface area contributed by atoms with Crippen LogP contribution in [0.2, 0.25) is 0 Å². The van der Waals surface area contributed by atoms with Crippen molar-refractivity contribution >= 4 is 11.3 Å². The molecule has 2 heteroatoms. The molecule has 0 saturated heterocycles. The fourth-order valence-corrected chi connectivity index (χ4v) is 2.91. The van der Waals surface area contributed by atoms with Gasteiger partial charge in [0, 0.05) is 0 Å². The molecule has 0 fully saturated rings. The molecule has 0 saturated carbocycles. The maximum Gasteiger partial charge on any atom is 0.119 e. The Morgan fingerprint density at radius 3 is 2.30 bits per heavy atom. The molecule has 0 unspecified atom stereocenters. The van der Waals surface area contributed by atoms with Crippen molar-refractivity contribution in [2.45, 2.75) is 45.4 Å². The van der Waals surface area contributed by atoms with Crippen LogP contribution in [0.15, 0.2) is 41.1 Å². The Morgan fingerprint density at radius 2 is 1.60 bits per heavy atom. The summed E-state index contributed by atoms with van der Waals surface area (Å²) in [6.07, 6.45) is 7.83. The first-order chi connectivity index (χ1) is 9.90.